The zero-order chi connectivity index (χ0) is 22.1. The number of nitrogens with one attached hydrogen (secondary N) is 1. The number of carbonyl (C=O) groups excluding carboxylic acids is 2. The predicted octanol–water partition coefficient (Wildman–Crippen LogP) is 3.14. The van der Waals surface area contributed by atoms with Gasteiger partial charge in [0.05, 0.1) is 11.9 Å². The maximum absolute atomic E-state index is 12.7. The van der Waals surface area contributed by atoms with Crippen molar-refractivity contribution < 1.29 is 18.0 Å². The van der Waals surface area contributed by atoms with Gasteiger partial charge in [-0.3, -0.25) is 13.9 Å². The van der Waals surface area contributed by atoms with Crippen LogP contribution in [0.15, 0.2) is 36.4 Å². The lowest BCUT2D eigenvalue weighted by molar-refractivity contribution is -0.117. The molecule has 0 radical (unpaired) electrons. The molecule has 1 saturated heterocycles. The van der Waals surface area contributed by atoms with Crippen molar-refractivity contribution in [3.8, 4) is 0 Å². The lowest BCUT2D eigenvalue weighted by Gasteiger charge is -2.23. The molecule has 1 heterocycles. The van der Waals surface area contributed by atoms with Crippen LogP contribution in [0.2, 0.25) is 0 Å². The Kier molecular flexibility index (Phi) is 6.17. The Labute approximate surface area is 177 Å². The molecule has 0 unspecified atom stereocenters. The van der Waals surface area contributed by atoms with Crippen molar-refractivity contribution in [3.63, 3.8) is 0 Å². The van der Waals surface area contributed by atoms with E-state index in [0.29, 0.717) is 24.3 Å². The molecule has 8 heteroatoms. The fourth-order valence-electron chi connectivity index (χ4n) is 3.71. The number of carbonyl (C=O) groups is 2. The van der Waals surface area contributed by atoms with Gasteiger partial charge in [-0.15, -0.1) is 0 Å². The first-order valence-electron chi connectivity index (χ1n) is 9.81. The number of amides is 2. The van der Waals surface area contributed by atoms with E-state index in [-0.39, 0.29) is 12.5 Å². The van der Waals surface area contributed by atoms with Crippen molar-refractivity contribution in [2.45, 2.75) is 33.6 Å². The topological polar surface area (TPSA) is 86.8 Å². The number of hydrogen-bond donors (Lipinski definition) is 1. The summed E-state index contributed by atoms with van der Waals surface area (Å²) in [4.78, 5) is 26.5. The summed E-state index contributed by atoms with van der Waals surface area (Å²) in [5, 5.41) is 2.77. The summed E-state index contributed by atoms with van der Waals surface area (Å²) < 4.78 is 25.8. The highest BCUT2D eigenvalue weighted by Gasteiger charge is 2.24. The Morgan fingerprint density at radius 2 is 1.77 bits per heavy atom. The molecule has 1 N–H and O–H groups in total. The van der Waals surface area contributed by atoms with Crippen LogP contribution >= 0.6 is 0 Å². The SMILES string of the molecule is Cc1cc(C)cc(N(CC(=O)Nc2ccc(C)c(N3CCCC3=O)c2)S(C)(=O)=O)c1. The Hall–Kier alpha value is -2.87. The van der Waals surface area contributed by atoms with Gasteiger partial charge in [0.15, 0.2) is 0 Å². The number of sulfonamides is 1. The van der Waals surface area contributed by atoms with Gasteiger partial charge in [-0.1, -0.05) is 12.1 Å². The number of nitrogens with zero attached hydrogens (tertiary/aromatic N) is 2. The van der Waals surface area contributed by atoms with E-state index in [1.807, 2.05) is 32.9 Å². The van der Waals surface area contributed by atoms with Crippen LogP contribution in [0.25, 0.3) is 0 Å². The van der Waals surface area contributed by atoms with E-state index in [9.17, 15) is 18.0 Å². The zero-order valence-electron chi connectivity index (χ0n) is 17.7. The molecule has 0 spiro atoms. The summed E-state index contributed by atoms with van der Waals surface area (Å²) in [5.74, 6) is -0.387. The average molecular weight is 430 g/mol. The first-order chi connectivity index (χ1) is 14.0. The summed E-state index contributed by atoms with van der Waals surface area (Å²) in [6.45, 7) is 5.99. The largest absolute Gasteiger partial charge is 0.324 e. The Balaban J connectivity index is 1.82. The summed E-state index contributed by atoms with van der Waals surface area (Å²) in [6, 6.07) is 10.8. The van der Waals surface area contributed by atoms with Gasteiger partial charge in [0.25, 0.3) is 0 Å². The van der Waals surface area contributed by atoms with E-state index in [1.165, 1.54) is 0 Å². The molecule has 0 aliphatic carbocycles. The van der Waals surface area contributed by atoms with Gasteiger partial charge in [-0.2, -0.15) is 0 Å². The minimum absolute atomic E-state index is 0.0691. The van der Waals surface area contributed by atoms with Crippen LogP contribution in [0.5, 0.6) is 0 Å². The number of benzene rings is 2. The van der Waals surface area contributed by atoms with Crippen LogP contribution in [0.3, 0.4) is 0 Å². The lowest BCUT2D eigenvalue weighted by Crippen LogP contribution is -2.37. The smallest absolute Gasteiger partial charge is 0.245 e. The van der Waals surface area contributed by atoms with Crippen LogP contribution < -0.4 is 14.5 Å². The van der Waals surface area contributed by atoms with E-state index in [4.69, 9.17) is 0 Å². The first-order valence-corrected chi connectivity index (χ1v) is 11.7. The third-order valence-corrected chi connectivity index (χ3v) is 6.18. The van der Waals surface area contributed by atoms with Crippen LogP contribution in [-0.2, 0) is 19.6 Å². The molecule has 2 aromatic rings. The molecule has 30 heavy (non-hydrogen) atoms. The molecule has 1 fully saturated rings. The highest BCUT2D eigenvalue weighted by atomic mass is 32.2. The maximum Gasteiger partial charge on any atom is 0.245 e. The van der Waals surface area contributed by atoms with Crippen molar-refractivity contribution >= 4 is 38.9 Å². The van der Waals surface area contributed by atoms with Gasteiger partial charge >= 0.3 is 0 Å². The molecule has 1 aliphatic heterocycles. The molecule has 160 valence electrons. The molecular formula is C22H27N3O4S. The molecule has 2 aromatic carbocycles. The fourth-order valence-corrected chi connectivity index (χ4v) is 4.55. The van der Waals surface area contributed by atoms with Gasteiger partial charge in [-0.05, 0) is 68.1 Å². The van der Waals surface area contributed by atoms with Crippen LogP contribution in [0, 0.1) is 20.8 Å². The second kappa shape index (κ2) is 8.47. The minimum Gasteiger partial charge on any atom is -0.324 e. The quantitative estimate of drug-likeness (QED) is 0.764. The number of hydrogen-bond acceptors (Lipinski definition) is 4. The zero-order valence-corrected chi connectivity index (χ0v) is 18.5. The average Bonchev–Trinajstić information content (AvgIpc) is 3.05. The molecular weight excluding hydrogens is 402 g/mol. The van der Waals surface area contributed by atoms with Gasteiger partial charge in [-0.25, -0.2) is 8.42 Å². The number of anilines is 3. The van der Waals surface area contributed by atoms with Crippen molar-refractivity contribution in [2.24, 2.45) is 0 Å². The van der Waals surface area contributed by atoms with Gasteiger partial charge in [0, 0.05) is 24.3 Å². The molecule has 0 bridgehead atoms. The number of aryl methyl sites for hydroxylation is 3. The highest BCUT2D eigenvalue weighted by molar-refractivity contribution is 7.92. The molecule has 0 atom stereocenters. The van der Waals surface area contributed by atoms with E-state index in [0.717, 1.165) is 39.4 Å². The Bertz CT molecular complexity index is 1080. The first kappa shape index (κ1) is 21.8. The fraction of sp³-hybridized carbons (Fsp3) is 0.364. The van der Waals surface area contributed by atoms with E-state index in [2.05, 4.69) is 5.32 Å². The van der Waals surface area contributed by atoms with Crippen LogP contribution in [0.4, 0.5) is 17.1 Å². The van der Waals surface area contributed by atoms with Crippen LogP contribution in [-0.4, -0.2) is 39.6 Å². The minimum atomic E-state index is -3.65. The second-order valence-corrected chi connectivity index (χ2v) is 9.72. The molecule has 2 amide bonds. The van der Waals surface area contributed by atoms with Gasteiger partial charge in [0.1, 0.15) is 6.54 Å². The third-order valence-electron chi connectivity index (χ3n) is 5.04. The summed E-state index contributed by atoms with van der Waals surface area (Å²) in [7, 11) is -3.65. The van der Waals surface area contributed by atoms with Crippen molar-refractivity contribution in [3.05, 3.63) is 53.1 Å². The number of rotatable bonds is 6. The lowest BCUT2D eigenvalue weighted by atomic mass is 10.1. The summed E-state index contributed by atoms with van der Waals surface area (Å²) in [6.07, 6.45) is 2.42. The molecule has 3 rings (SSSR count). The van der Waals surface area contributed by atoms with Crippen molar-refractivity contribution in [1.29, 1.82) is 0 Å². The van der Waals surface area contributed by atoms with Gasteiger partial charge in [0.2, 0.25) is 21.8 Å². The van der Waals surface area contributed by atoms with Crippen molar-refractivity contribution in [1.82, 2.24) is 0 Å². The highest BCUT2D eigenvalue weighted by Crippen LogP contribution is 2.28. The molecule has 0 aromatic heterocycles. The molecule has 0 saturated carbocycles. The van der Waals surface area contributed by atoms with E-state index in [1.54, 1.807) is 29.2 Å². The van der Waals surface area contributed by atoms with Gasteiger partial charge < -0.3 is 10.2 Å². The predicted molar refractivity (Wildman–Crippen MR) is 120 cm³/mol. The monoisotopic (exact) mass is 429 g/mol. The third kappa shape index (κ3) is 4.99. The second-order valence-electron chi connectivity index (χ2n) is 7.81. The normalized spacial score (nSPS) is 14.1. The maximum atomic E-state index is 12.7. The van der Waals surface area contributed by atoms with Crippen molar-refractivity contribution in [2.75, 3.05) is 33.9 Å². The molecule has 7 nitrogen and oxygen atoms in total. The summed E-state index contributed by atoms with van der Waals surface area (Å²) in [5.41, 5.74) is 4.52. The Morgan fingerprint density at radius 1 is 1.10 bits per heavy atom. The standard InChI is InChI=1S/C22H27N3O4S/c1-15-10-16(2)12-19(11-15)25(30(4,28)29)14-21(26)23-18-8-7-17(3)20(13-18)24-9-5-6-22(24)27/h7-8,10-13H,5-6,9,14H2,1-4H3,(H,23,26). The van der Waals surface area contributed by atoms with Crippen LogP contribution in [0.1, 0.15) is 29.5 Å². The summed E-state index contributed by atoms with van der Waals surface area (Å²) >= 11 is 0. The molecule has 1 aliphatic rings. The van der Waals surface area contributed by atoms with E-state index < -0.39 is 15.9 Å². The van der Waals surface area contributed by atoms with E-state index >= 15 is 0 Å². The Morgan fingerprint density at radius 3 is 2.33 bits per heavy atom.